The molecule has 4 rings (SSSR count). The molecule has 1 amide bonds. The van der Waals surface area contributed by atoms with E-state index in [-0.39, 0.29) is 17.7 Å². The summed E-state index contributed by atoms with van der Waals surface area (Å²) in [6, 6.07) is 4.85. The summed E-state index contributed by atoms with van der Waals surface area (Å²) in [5.41, 5.74) is 0.0296. The van der Waals surface area contributed by atoms with Crippen LogP contribution in [0.2, 0.25) is 0 Å². The maximum atomic E-state index is 13.5. The molecular formula is C21H24F3N5O3. The van der Waals surface area contributed by atoms with Gasteiger partial charge in [0.25, 0.3) is 5.91 Å². The van der Waals surface area contributed by atoms with E-state index >= 15 is 0 Å². The first-order valence-electron chi connectivity index (χ1n) is 10.4. The number of aromatic nitrogens is 2. The number of amides is 1. The van der Waals surface area contributed by atoms with Crippen LogP contribution in [-0.2, 0) is 10.9 Å². The van der Waals surface area contributed by atoms with Crippen molar-refractivity contribution in [1.82, 2.24) is 14.9 Å². The van der Waals surface area contributed by atoms with E-state index in [4.69, 9.17) is 9.47 Å². The zero-order valence-electron chi connectivity index (χ0n) is 17.6. The third kappa shape index (κ3) is 4.72. The largest absolute Gasteiger partial charge is 0.495 e. The van der Waals surface area contributed by atoms with Crippen LogP contribution in [0.25, 0.3) is 0 Å². The number of nitrogens with zero attached hydrogens (tertiary/aromatic N) is 4. The van der Waals surface area contributed by atoms with Crippen molar-refractivity contribution in [2.45, 2.75) is 19.0 Å². The third-order valence-corrected chi connectivity index (χ3v) is 5.47. The van der Waals surface area contributed by atoms with Crippen LogP contribution in [0.15, 0.2) is 24.4 Å². The van der Waals surface area contributed by atoms with Crippen LogP contribution >= 0.6 is 0 Å². The van der Waals surface area contributed by atoms with Gasteiger partial charge in [0.05, 0.1) is 26.0 Å². The van der Waals surface area contributed by atoms with Gasteiger partial charge in [0.2, 0.25) is 5.95 Å². The van der Waals surface area contributed by atoms with E-state index in [1.165, 1.54) is 7.11 Å². The minimum Gasteiger partial charge on any atom is -0.495 e. The molecule has 2 saturated heterocycles. The molecule has 0 bridgehead atoms. The number of nitrogens with one attached hydrogen (secondary N) is 1. The highest BCUT2D eigenvalue weighted by atomic mass is 19.4. The molecule has 2 aliphatic heterocycles. The third-order valence-electron chi connectivity index (χ3n) is 5.47. The number of carbonyl (C=O) groups is 1. The highest BCUT2D eigenvalue weighted by Crippen LogP contribution is 2.37. The van der Waals surface area contributed by atoms with E-state index in [1.807, 2.05) is 0 Å². The molecule has 2 fully saturated rings. The summed E-state index contributed by atoms with van der Waals surface area (Å²) < 4.78 is 51.1. The Labute approximate surface area is 183 Å². The van der Waals surface area contributed by atoms with Crippen molar-refractivity contribution in [2.24, 2.45) is 0 Å². The minimum absolute atomic E-state index is 0.0189. The maximum absolute atomic E-state index is 13.5. The molecule has 0 atom stereocenters. The van der Waals surface area contributed by atoms with Crippen LogP contribution in [0.5, 0.6) is 5.75 Å². The van der Waals surface area contributed by atoms with Crippen molar-refractivity contribution in [3.05, 3.63) is 35.5 Å². The van der Waals surface area contributed by atoms with Crippen molar-refractivity contribution in [3.8, 4) is 5.75 Å². The number of carbonyl (C=O) groups excluding carboxylic acids is 1. The number of rotatable bonds is 5. The fourth-order valence-corrected chi connectivity index (χ4v) is 3.80. The monoisotopic (exact) mass is 451 g/mol. The number of hydrogen-bond donors (Lipinski definition) is 1. The first-order chi connectivity index (χ1) is 15.4. The summed E-state index contributed by atoms with van der Waals surface area (Å²) >= 11 is 0. The van der Waals surface area contributed by atoms with Crippen LogP contribution in [0.3, 0.4) is 0 Å². The number of anilines is 3. The molecular weight excluding hydrogens is 427 g/mol. The predicted molar refractivity (Wildman–Crippen MR) is 111 cm³/mol. The normalized spacial score (nSPS) is 16.9. The van der Waals surface area contributed by atoms with E-state index in [0.717, 1.165) is 19.0 Å². The fraction of sp³-hybridized carbons (Fsp3) is 0.476. The zero-order valence-corrected chi connectivity index (χ0v) is 17.6. The van der Waals surface area contributed by atoms with Crippen molar-refractivity contribution < 1.29 is 27.4 Å². The summed E-state index contributed by atoms with van der Waals surface area (Å²) in [5, 5.41) is 2.93. The molecule has 8 nitrogen and oxygen atoms in total. The topological polar surface area (TPSA) is 79.8 Å². The second kappa shape index (κ2) is 9.19. The second-order valence-corrected chi connectivity index (χ2v) is 7.57. The standard InChI is InChI=1S/C21H24F3N5O3/c1-31-17-12-14(19(30)29-8-10-32-11-9-29)4-5-16(17)26-20-25-13-15(21(22,23)24)18(27-20)28-6-2-3-7-28/h4-5,12-13H,2-3,6-11H2,1H3,(H,25,26,27). The van der Waals surface area contributed by atoms with Crippen LogP contribution in [0, 0.1) is 0 Å². The van der Waals surface area contributed by atoms with Gasteiger partial charge in [0, 0.05) is 37.9 Å². The van der Waals surface area contributed by atoms with Crippen LogP contribution < -0.4 is 15.0 Å². The molecule has 1 aromatic carbocycles. The second-order valence-electron chi connectivity index (χ2n) is 7.57. The van der Waals surface area contributed by atoms with Gasteiger partial charge >= 0.3 is 6.18 Å². The van der Waals surface area contributed by atoms with E-state index in [2.05, 4.69) is 15.3 Å². The molecule has 2 aliphatic rings. The Kier molecular flexibility index (Phi) is 6.35. The van der Waals surface area contributed by atoms with Gasteiger partial charge in [-0.3, -0.25) is 4.79 Å². The predicted octanol–water partition coefficient (Wildman–Crippen LogP) is 3.32. The fourth-order valence-electron chi connectivity index (χ4n) is 3.80. The molecule has 172 valence electrons. The van der Waals surface area contributed by atoms with Gasteiger partial charge in [-0.15, -0.1) is 0 Å². The molecule has 0 aliphatic carbocycles. The summed E-state index contributed by atoms with van der Waals surface area (Å²) in [5.74, 6) is 0.103. The first kappa shape index (κ1) is 22.1. The summed E-state index contributed by atoms with van der Waals surface area (Å²) in [6.45, 7) is 3.04. The minimum atomic E-state index is -4.55. The average molecular weight is 451 g/mol. The van der Waals surface area contributed by atoms with Gasteiger partial charge in [-0.05, 0) is 31.0 Å². The molecule has 0 saturated carbocycles. The van der Waals surface area contributed by atoms with Crippen LogP contribution in [0.4, 0.5) is 30.6 Å². The van der Waals surface area contributed by atoms with Gasteiger partial charge in [0.15, 0.2) is 0 Å². The number of hydrogen-bond acceptors (Lipinski definition) is 7. The molecule has 3 heterocycles. The lowest BCUT2D eigenvalue weighted by Gasteiger charge is -2.27. The lowest BCUT2D eigenvalue weighted by molar-refractivity contribution is -0.137. The van der Waals surface area contributed by atoms with E-state index in [0.29, 0.717) is 56.4 Å². The molecule has 32 heavy (non-hydrogen) atoms. The quantitative estimate of drug-likeness (QED) is 0.747. The van der Waals surface area contributed by atoms with Crippen molar-refractivity contribution in [1.29, 1.82) is 0 Å². The Morgan fingerprint density at radius 3 is 2.53 bits per heavy atom. The van der Waals surface area contributed by atoms with E-state index in [9.17, 15) is 18.0 Å². The SMILES string of the molecule is COc1cc(C(=O)N2CCOCC2)ccc1Nc1ncc(C(F)(F)F)c(N2CCCC2)n1. The number of halogens is 3. The van der Waals surface area contributed by atoms with E-state index in [1.54, 1.807) is 28.0 Å². The average Bonchev–Trinajstić information content (AvgIpc) is 3.33. The number of benzene rings is 1. The van der Waals surface area contributed by atoms with Crippen LogP contribution in [-0.4, -0.2) is 67.3 Å². The van der Waals surface area contributed by atoms with Gasteiger partial charge < -0.3 is 24.6 Å². The van der Waals surface area contributed by atoms with Gasteiger partial charge in [-0.1, -0.05) is 0 Å². The van der Waals surface area contributed by atoms with Gasteiger partial charge in [0.1, 0.15) is 17.1 Å². The molecule has 1 N–H and O–H groups in total. The Morgan fingerprint density at radius 1 is 1.16 bits per heavy atom. The summed E-state index contributed by atoms with van der Waals surface area (Å²) in [7, 11) is 1.45. The van der Waals surface area contributed by atoms with Crippen LogP contribution in [0.1, 0.15) is 28.8 Å². The molecule has 0 radical (unpaired) electrons. The molecule has 0 spiro atoms. The lowest BCUT2D eigenvalue weighted by Crippen LogP contribution is -2.40. The van der Waals surface area contributed by atoms with Crippen molar-refractivity contribution in [2.75, 3.05) is 56.7 Å². The Hall–Kier alpha value is -3.08. The summed E-state index contributed by atoms with van der Waals surface area (Å²) in [6.07, 6.45) is -2.12. The molecule has 11 heteroatoms. The highest BCUT2D eigenvalue weighted by molar-refractivity contribution is 5.95. The molecule has 2 aromatic rings. The Morgan fingerprint density at radius 2 is 1.88 bits per heavy atom. The van der Waals surface area contributed by atoms with Gasteiger partial charge in [-0.2, -0.15) is 18.2 Å². The number of alkyl halides is 3. The zero-order chi connectivity index (χ0) is 22.7. The number of morpholine rings is 1. The van der Waals surface area contributed by atoms with Crippen molar-refractivity contribution in [3.63, 3.8) is 0 Å². The first-order valence-corrected chi connectivity index (χ1v) is 10.4. The van der Waals surface area contributed by atoms with Crippen molar-refractivity contribution >= 4 is 23.4 Å². The summed E-state index contributed by atoms with van der Waals surface area (Å²) in [4.78, 5) is 24.1. The van der Waals surface area contributed by atoms with E-state index < -0.39 is 11.7 Å². The Balaban J connectivity index is 1.59. The molecule has 1 aromatic heterocycles. The smallest absolute Gasteiger partial charge is 0.421 e. The van der Waals surface area contributed by atoms with Gasteiger partial charge in [-0.25, -0.2) is 4.98 Å². The number of methoxy groups -OCH3 is 1. The maximum Gasteiger partial charge on any atom is 0.421 e. The highest BCUT2D eigenvalue weighted by Gasteiger charge is 2.37. The number of ether oxygens (including phenoxy) is 2. The lowest BCUT2D eigenvalue weighted by atomic mass is 10.1. The molecule has 0 unspecified atom stereocenters. The Bertz CT molecular complexity index is 974.